The van der Waals surface area contributed by atoms with Gasteiger partial charge in [-0.1, -0.05) is 34.1 Å². The van der Waals surface area contributed by atoms with Crippen LogP contribution in [0.15, 0.2) is 18.2 Å². The first-order chi connectivity index (χ1) is 12.1. The number of carbonyl (C=O) groups is 2. The van der Waals surface area contributed by atoms with Gasteiger partial charge in [-0.3, -0.25) is 9.59 Å². The topological polar surface area (TPSA) is 64.6 Å². The van der Waals surface area contributed by atoms with Gasteiger partial charge in [0.1, 0.15) is 5.75 Å². The minimum atomic E-state index is -0.364. The van der Waals surface area contributed by atoms with Gasteiger partial charge in [-0.2, -0.15) is 0 Å². The largest absolute Gasteiger partial charge is 0.495 e. The van der Waals surface area contributed by atoms with E-state index in [1.54, 1.807) is 13.2 Å². The summed E-state index contributed by atoms with van der Waals surface area (Å²) in [6.07, 6.45) is 4.63. The van der Waals surface area contributed by atoms with Crippen molar-refractivity contribution in [2.24, 2.45) is 0 Å². The summed E-state index contributed by atoms with van der Waals surface area (Å²) in [5.41, 5.74) is 1.59. The zero-order valence-electron chi connectivity index (χ0n) is 14.7. The quantitative estimate of drug-likeness (QED) is 0.392. The Morgan fingerprint density at radius 1 is 1.32 bits per heavy atom. The zero-order valence-corrected chi connectivity index (χ0v) is 16.3. The van der Waals surface area contributed by atoms with Gasteiger partial charge in [0.2, 0.25) is 0 Å². The van der Waals surface area contributed by atoms with Crippen molar-refractivity contribution in [2.45, 2.75) is 44.3 Å². The average molecular weight is 384 g/mol. The molecule has 1 heterocycles. The van der Waals surface area contributed by atoms with E-state index in [4.69, 9.17) is 9.47 Å². The highest BCUT2D eigenvalue weighted by molar-refractivity contribution is 8.77. The number of ether oxygens (including phenoxy) is 2. The number of amides is 1. The number of benzene rings is 1. The molecule has 138 valence electrons. The summed E-state index contributed by atoms with van der Waals surface area (Å²) in [4.78, 5) is 23.7. The summed E-state index contributed by atoms with van der Waals surface area (Å²) in [6, 6.07) is 5.51. The molecule has 0 unspecified atom stereocenters. The minimum Gasteiger partial charge on any atom is -0.495 e. The molecule has 7 heteroatoms. The summed E-state index contributed by atoms with van der Waals surface area (Å²) in [6.45, 7) is 1.66. The van der Waals surface area contributed by atoms with Crippen LogP contribution in [0.1, 0.15) is 37.7 Å². The summed E-state index contributed by atoms with van der Waals surface area (Å²) in [5.74, 6) is 1.13. The van der Waals surface area contributed by atoms with E-state index in [1.807, 2.05) is 40.6 Å². The summed E-state index contributed by atoms with van der Waals surface area (Å²) in [7, 11) is 5.44. The van der Waals surface area contributed by atoms with Gasteiger partial charge in [0.05, 0.1) is 12.8 Å². The molecule has 0 spiro atoms. The fraction of sp³-hybridized carbons (Fsp3) is 0.556. The van der Waals surface area contributed by atoms with Crippen LogP contribution in [-0.4, -0.2) is 36.6 Å². The van der Waals surface area contributed by atoms with E-state index >= 15 is 0 Å². The molecule has 5 nitrogen and oxygen atoms in total. The predicted octanol–water partition coefficient (Wildman–Crippen LogP) is 4.20. The zero-order chi connectivity index (χ0) is 18.1. The third-order valence-corrected chi connectivity index (χ3v) is 6.88. The lowest BCUT2D eigenvalue weighted by atomic mass is 10.1. The number of esters is 1. The number of hydrogen-bond donors (Lipinski definition) is 1. The molecule has 1 aromatic carbocycles. The molecule has 0 aliphatic carbocycles. The maximum Gasteiger partial charge on any atom is 0.306 e. The maximum absolute atomic E-state index is 12.0. The van der Waals surface area contributed by atoms with Crippen molar-refractivity contribution in [3.05, 3.63) is 23.8 Å². The van der Waals surface area contributed by atoms with Crippen molar-refractivity contribution in [3.63, 3.8) is 0 Å². The third kappa shape index (κ3) is 7.20. The number of aryl methyl sites for hydroxylation is 1. The molecule has 1 fully saturated rings. The molecule has 0 radical (unpaired) electrons. The lowest BCUT2D eigenvalue weighted by Crippen LogP contribution is -2.21. The third-order valence-electron chi connectivity index (χ3n) is 3.88. The molecule has 0 aromatic heterocycles. The number of nitrogens with one attached hydrogen (secondary N) is 1. The highest BCUT2D eigenvalue weighted by Gasteiger charge is 2.16. The Labute approximate surface area is 157 Å². The molecule has 1 aliphatic heterocycles. The van der Waals surface area contributed by atoms with Crippen LogP contribution in [0.2, 0.25) is 0 Å². The Hall–Kier alpha value is -1.34. The first-order valence-electron chi connectivity index (χ1n) is 8.47. The molecule has 1 saturated heterocycles. The minimum absolute atomic E-state index is 0.273. The molecular formula is C18H25NO4S2. The second kappa shape index (κ2) is 10.6. The Morgan fingerprint density at radius 3 is 2.88 bits per heavy atom. The molecule has 25 heavy (non-hydrogen) atoms. The van der Waals surface area contributed by atoms with Crippen molar-refractivity contribution in [2.75, 3.05) is 24.8 Å². The predicted molar refractivity (Wildman–Crippen MR) is 104 cm³/mol. The van der Waals surface area contributed by atoms with E-state index in [2.05, 4.69) is 5.32 Å². The van der Waals surface area contributed by atoms with E-state index in [0.717, 1.165) is 30.1 Å². The second-order valence-corrected chi connectivity index (χ2v) is 8.77. The molecule has 1 N–H and O–H groups in total. The number of rotatable bonds is 9. The highest BCUT2D eigenvalue weighted by Crippen LogP contribution is 2.39. The van der Waals surface area contributed by atoms with Crippen LogP contribution in [0.5, 0.6) is 5.75 Å². The van der Waals surface area contributed by atoms with Crippen LogP contribution in [0, 0.1) is 6.92 Å². The average Bonchev–Trinajstić information content (AvgIpc) is 3.10. The SMILES string of the molecule is COc1ccc(C)cc1NC(=O)COC(=O)CCCC[C@@H]1CCSS1. The second-order valence-electron chi connectivity index (χ2n) is 5.99. The number of carbonyl (C=O) groups excluding carboxylic acids is 2. The Balaban J connectivity index is 1.63. The first kappa shape index (κ1) is 20.0. The van der Waals surface area contributed by atoms with Crippen LogP contribution in [0.25, 0.3) is 0 Å². The molecule has 1 atom stereocenters. The van der Waals surface area contributed by atoms with Gasteiger partial charge in [-0.05, 0) is 43.9 Å². The summed E-state index contributed by atoms with van der Waals surface area (Å²) in [5, 5.41) is 3.45. The van der Waals surface area contributed by atoms with Gasteiger partial charge in [0.15, 0.2) is 6.61 Å². The lowest BCUT2D eigenvalue weighted by molar-refractivity contribution is -0.147. The van der Waals surface area contributed by atoms with Crippen molar-refractivity contribution in [3.8, 4) is 5.75 Å². The molecule has 0 saturated carbocycles. The van der Waals surface area contributed by atoms with E-state index in [1.165, 1.54) is 12.2 Å². The van der Waals surface area contributed by atoms with E-state index < -0.39 is 0 Å². The van der Waals surface area contributed by atoms with Crippen molar-refractivity contribution >= 4 is 39.2 Å². The normalized spacial score (nSPS) is 16.5. The molecule has 1 amide bonds. The highest BCUT2D eigenvalue weighted by atomic mass is 33.1. The van der Waals surface area contributed by atoms with Crippen LogP contribution < -0.4 is 10.1 Å². The fourth-order valence-corrected chi connectivity index (χ4v) is 5.56. The summed E-state index contributed by atoms with van der Waals surface area (Å²) >= 11 is 0. The van der Waals surface area contributed by atoms with Crippen molar-refractivity contribution in [1.29, 1.82) is 0 Å². The van der Waals surface area contributed by atoms with Crippen LogP contribution >= 0.6 is 21.6 Å². The Morgan fingerprint density at radius 2 is 2.16 bits per heavy atom. The fourth-order valence-electron chi connectivity index (χ4n) is 2.53. The van der Waals surface area contributed by atoms with Gasteiger partial charge < -0.3 is 14.8 Å². The van der Waals surface area contributed by atoms with Gasteiger partial charge >= 0.3 is 5.97 Å². The van der Waals surface area contributed by atoms with E-state index in [9.17, 15) is 9.59 Å². The summed E-state index contributed by atoms with van der Waals surface area (Å²) < 4.78 is 10.3. The lowest BCUT2D eigenvalue weighted by Gasteiger charge is -2.11. The number of hydrogen-bond acceptors (Lipinski definition) is 6. The first-order valence-corrected chi connectivity index (χ1v) is 10.8. The van der Waals surface area contributed by atoms with Crippen LogP contribution in [-0.2, 0) is 14.3 Å². The molecule has 1 aromatic rings. The molecule has 1 aliphatic rings. The smallest absolute Gasteiger partial charge is 0.306 e. The van der Waals surface area contributed by atoms with Crippen molar-refractivity contribution in [1.82, 2.24) is 0 Å². The van der Waals surface area contributed by atoms with Gasteiger partial charge in [0.25, 0.3) is 5.91 Å². The Bertz CT molecular complexity index is 588. The maximum atomic E-state index is 12.0. The standard InChI is InChI=1S/C18H25NO4S2/c1-13-7-8-16(22-2)15(11-13)19-17(20)12-23-18(21)6-4-3-5-14-9-10-24-25-14/h7-8,11,14H,3-6,9-10,12H2,1-2H3,(H,19,20)/t14-/m1/s1. The van der Waals surface area contributed by atoms with Gasteiger partial charge in [-0.25, -0.2) is 0 Å². The van der Waals surface area contributed by atoms with E-state index in [-0.39, 0.29) is 18.5 Å². The Kier molecular flexibility index (Phi) is 8.48. The number of unbranched alkanes of at least 4 members (excludes halogenated alkanes) is 1. The number of anilines is 1. The van der Waals surface area contributed by atoms with Crippen LogP contribution in [0.4, 0.5) is 5.69 Å². The monoisotopic (exact) mass is 383 g/mol. The molecule has 0 bridgehead atoms. The van der Waals surface area contributed by atoms with E-state index in [0.29, 0.717) is 17.9 Å². The van der Waals surface area contributed by atoms with Crippen LogP contribution in [0.3, 0.4) is 0 Å². The van der Waals surface area contributed by atoms with Crippen molar-refractivity contribution < 1.29 is 19.1 Å². The molecule has 2 rings (SSSR count). The van der Waals surface area contributed by atoms with Gasteiger partial charge in [0, 0.05) is 17.4 Å². The number of methoxy groups -OCH3 is 1. The molecular weight excluding hydrogens is 358 g/mol. The van der Waals surface area contributed by atoms with Gasteiger partial charge in [-0.15, -0.1) is 0 Å².